The number of hydrogen-bond donors (Lipinski definition) is 1. The van der Waals surface area contributed by atoms with Crippen LogP contribution in [-0.2, 0) is 9.53 Å². The number of Topliss-reactive ketones (excluding diaryl/α,β-unsaturated/α-hetero) is 1. The molecule has 1 atom stereocenters. The number of carbonyl (C=O) groups is 2. The average molecular weight is 161 g/mol. The zero-order chi connectivity index (χ0) is 8.85. The van der Waals surface area contributed by atoms with Crippen LogP contribution in [0.1, 0.15) is 21.7 Å². The Bertz CT molecular complexity index is 161. The van der Waals surface area contributed by atoms with Gasteiger partial charge in [0.25, 0.3) is 0 Å². The van der Waals surface area contributed by atoms with Crippen LogP contribution in [-0.4, -0.2) is 25.0 Å². The number of carbonyl (C=O) groups excluding carboxylic acids is 2. The Kier molecular flexibility index (Phi) is 4.26. The smallest absolute Gasteiger partial charge is 0.407 e. The third-order valence-corrected chi connectivity index (χ3v) is 1.35. The molecule has 0 aliphatic carbocycles. The molecule has 0 saturated heterocycles. The second-order valence-corrected chi connectivity index (χ2v) is 2.18. The van der Waals surface area contributed by atoms with Crippen LogP contribution in [0, 0.1) is 0 Å². The van der Waals surface area contributed by atoms with E-state index in [0.717, 1.165) is 0 Å². The number of alkyl carbamates (subject to hydrolysis) is 1. The molecule has 4 heteroatoms. The van der Waals surface area contributed by atoms with Crippen LogP contribution < -0.4 is 5.32 Å². The highest BCUT2D eigenvalue weighted by molar-refractivity contribution is 5.86. The molecule has 11 heavy (non-hydrogen) atoms. The van der Waals surface area contributed by atoms with Gasteiger partial charge >= 0.3 is 6.09 Å². The maximum atomic E-state index is 10.9. The number of amides is 1. The molecule has 0 aromatic heterocycles. The van der Waals surface area contributed by atoms with Gasteiger partial charge in [-0.2, -0.15) is 0 Å². The molecule has 0 radical (unpaired) electrons. The molecule has 0 unspecified atom stereocenters. The zero-order valence-electron chi connectivity index (χ0n) is 7.01. The van der Waals surface area contributed by atoms with Crippen molar-refractivity contribution in [2.45, 2.75) is 26.3 Å². The number of hydrogen-bond acceptors (Lipinski definition) is 3. The summed E-state index contributed by atoms with van der Waals surface area (Å²) in [6.07, 6.45) is -0.148. The highest BCUT2D eigenvalue weighted by Crippen LogP contribution is 1.89. The maximum Gasteiger partial charge on any atom is 0.407 e. The van der Waals surface area contributed by atoms with E-state index in [9.17, 15) is 9.59 Å². The maximum absolute atomic E-state index is 10.9. The minimum Gasteiger partial charge on any atom is -0.453 e. The first-order valence-electron chi connectivity index (χ1n) is 3.49. The van der Waals surface area contributed by atoms with Crippen molar-refractivity contribution in [1.82, 2.24) is 5.32 Å². The van der Waals surface area contributed by atoms with Crippen molar-refractivity contribution in [3.05, 3.63) is 0 Å². The molecule has 0 aromatic carbocycles. The van der Waals surface area contributed by atoms with Crippen molar-refractivity contribution >= 4 is 11.9 Å². The van der Waals surface area contributed by atoms with Crippen molar-refractivity contribution in [2.75, 3.05) is 7.11 Å². The van der Waals surface area contributed by atoms with Gasteiger partial charge in [-0.25, -0.2) is 4.79 Å². The van der Waals surface area contributed by atoms with Crippen LogP contribution in [0.5, 0.6) is 0 Å². The first-order chi connectivity index (χ1) is 5.11. The lowest BCUT2D eigenvalue weighted by Gasteiger charge is -2.09. The highest BCUT2D eigenvalue weighted by Gasteiger charge is 2.12. The molecule has 1 N–H and O–H groups in total. The van der Waals surface area contributed by atoms with E-state index in [0.29, 0.717) is 6.42 Å². The van der Waals surface area contributed by atoms with Crippen molar-refractivity contribution in [3.8, 4) is 0 Å². The highest BCUT2D eigenvalue weighted by atomic mass is 16.5. The fraction of sp³-hybridized carbons (Fsp3) is 0.714. The molecule has 0 bridgehead atoms. The predicted molar refractivity (Wildman–Crippen MR) is 42.4 cm³/mol. The van der Waals surface area contributed by atoms with E-state index in [1.165, 1.54) is 7.11 Å². The van der Waals surface area contributed by atoms with Gasteiger partial charge in [-0.1, -0.05) is 6.92 Å². The standard InChI is InChI=1S/C7H13NO3.H2/c1-4-6(9)5(2)8-7(10)11-3;/h5H,4H2,1-3H3,(H,8,10);1H/t5-;/m1./s1. The lowest BCUT2D eigenvalue weighted by atomic mass is 10.2. The van der Waals surface area contributed by atoms with Crippen molar-refractivity contribution in [3.63, 3.8) is 0 Å². The Morgan fingerprint density at radius 3 is 2.55 bits per heavy atom. The second-order valence-electron chi connectivity index (χ2n) is 2.18. The van der Waals surface area contributed by atoms with Crippen LogP contribution in [0.2, 0.25) is 0 Å². The summed E-state index contributed by atoms with van der Waals surface area (Å²) in [5, 5.41) is 2.37. The SMILES string of the molecule is CCC(=O)[C@@H](C)NC(=O)OC.[HH]. The van der Waals surface area contributed by atoms with E-state index in [4.69, 9.17) is 0 Å². The fourth-order valence-electron chi connectivity index (χ4n) is 0.622. The minimum absolute atomic E-state index is 0. The molecule has 4 nitrogen and oxygen atoms in total. The Balaban J connectivity index is 0. The Morgan fingerprint density at radius 2 is 2.18 bits per heavy atom. The van der Waals surface area contributed by atoms with Crippen LogP contribution in [0.15, 0.2) is 0 Å². The average Bonchev–Trinajstić information content (AvgIpc) is 2.02. The van der Waals surface area contributed by atoms with E-state index in [1.54, 1.807) is 13.8 Å². The molecule has 0 rings (SSSR count). The van der Waals surface area contributed by atoms with E-state index < -0.39 is 12.1 Å². The van der Waals surface area contributed by atoms with Gasteiger partial charge in [0.1, 0.15) is 0 Å². The largest absolute Gasteiger partial charge is 0.453 e. The molecule has 0 heterocycles. The molecule has 0 saturated carbocycles. The summed E-state index contributed by atoms with van der Waals surface area (Å²) < 4.78 is 4.31. The zero-order valence-corrected chi connectivity index (χ0v) is 7.01. The summed E-state index contributed by atoms with van der Waals surface area (Å²) >= 11 is 0. The normalized spacial score (nSPS) is 11.9. The summed E-state index contributed by atoms with van der Waals surface area (Å²) in [5.41, 5.74) is 0. The van der Waals surface area contributed by atoms with Gasteiger partial charge in [0.05, 0.1) is 13.2 Å². The first kappa shape index (κ1) is 9.94. The van der Waals surface area contributed by atoms with E-state index in [1.807, 2.05) is 0 Å². The monoisotopic (exact) mass is 161 g/mol. The predicted octanol–water partition coefficient (Wildman–Crippen LogP) is 0.956. The number of nitrogens with one attached hydrogen (secondary N) is 1. The van der Waals surface area contributed by atoms with Gasteiger partial charge in [0.2, 0.25) is 0 Å². The van der Waals surface area contributed by atoms with Crippen molar-refractivity contribution < 1.29 is 15.8 Å². The molecular formula is C7H15NO3. The molecule has 66 valence electrons. The molecular weight excluding hydrogens is 146 g/mol. The quantitative estimate of drug-likeness (QED) is 0.670. The van der Waals surface area contributed by atoms with Gasteiger partial charge in [-0.05, 0) is 6.92 Å². The molecule has 0 fully saturated rings. The summed E-state index contributed by atoms with van der Waals surface area (Å²) in [6, 6.07) is -0.451. The Hall–Kier alpha value is -1.06. The van der Waals surface area contributed by atoms with Gasteiger partial charge < -0.3 is 10.1 Å². The minimum atomic E-state index is -0.570. The third kappa shape index (κ3) is 3.60. The molecule has 0 aliphatic rings. The third-order valence-electron chi connectivity index (χ3n) is 1.35. The van der Waals surface area contributed by atoms with Gasteiger partial charge in [-0.15, -0.1) is 0 Å². The Labute approximate surface area is 67.4 Å². The molecule has 0 aliphatic heterocycles. The van der Waals surface area contributed by atoms with Crippen LogP contribution >= 0.6 is 0 Å². The second kappa shape index (κ2) is 4.71. The lowest BCUT2D eigenvalue weighted by Crippen LogP contribution is -2.37. The fourth-order valence-corrected chi connectivity index (χ4v) is 0.622. The van der Waals surface area contributed by atoms with Gasteiger partial charge in [-0.3, -0.25) is 4.79 Å². The number of methoxy groups -OCH3 is 1. The van der Waals surface area contributed by atoms with Gasteiger partial charge in [0, 0.05) is 7.85 Å². The molecule has 0 aromatic rings. The molecule has 1 amide bonds. The van der Waals surface area contributed by atoms with E-state index in [2.05, 4.69) is 10.1 Å². The molecule has 0 spiro atoms. The summed E-state index contributed by atoms with van der Waals surface area (Å²) in [4.78, 5) is 21.4. The topological polar surface area (TPSA) is 55.4 Å². The number of rotatable bonds is 3. The van der Waals surface area contributed by atoms with E-state index >= 15 is 0 Å². The Morgan fingerprint density at radius 1 is 1.64 bits per heavy atom. The number of ketones is 1. The van der Waals surface area contributed by atoms with E-state index in [-0.39, 0.29) is 7.21 Å². The van der Waals surface area contributed by atoms with Crippen molar-refractivity contribution in [1.29, 1.82) is 0 Å². The van der Waals surface area contributed by atoms with Crippen LogP contribution in [0.4, 0.5) is 4.79 Å². The summed E-state index contributed by atoms with van der Waals surface area (Å²) in [5.74, 6) is -0.00426. The van der Waals surface area contributed by atoms with Crippen LogP contribution in [0.25, 0.3) is 0 Å². The lowest BCUT2D eigenvalue weighted by molar-refractivity contribution is -0.120. The van der Waals surface area contributed by atoms with Gasteiger partial charge in [0.15, 0.2) is 5.78 Å². The number of ether oxygens (including phenoxy) is 1. The first-order valence-corrected chi connectivity index (χ1v) is 3.49. The summed E-state index contributed by atoms with van der Waals surface area (Å²) in [6.45, 7) is 3.38. The van der Waals surface area contributed by atoms with Crippen LogP contribution in [0.3, 0.4) is 0 Å². The summed E-state index contributed by atoms with van der Waals surface area (Å²) in [7, 11) is 1.26. The van der Waals surface area contributed by atoms with Crippen molar-refractivity contribution in [2.24, 2.45) is 0 Å².